The van der Waals surface area contributed by atoms with Gasteiger partial charge in [0.15, 0.2) is 6.29 Å². The van der Waals surface area contributed by atoms with Crippen molar-refractivity contribution < 1.29 is 4.79 Å². The average molecular weight is 299 g/mol. The number of nitrogens with zero attached hydrogens (tertiary/aromatic N) is 5. The molecule has 0 saturated heterocycles. The SMILES string of the molecule is Nc1nccc(C=NCC2CC2)n1.Nc1nccc(C=O)n1. The highest BCUT2D eigenvalue weighted by Crippen LogP contribution is 2.28. The maximum Gasteiger partial charge on any atom is 0.220 e. The van der Waals surface area contributed by atoms with Gasteiger partial charge in [0, 0.05) is 25.2 Å². The van der Waals surface area contributed by atoms with Crippen LogP contribution in [0.15, 0.2) is 29.5 Å². The van der Waals surface area contributed by atoms with Gasteiger partial charge in [-0.05, 0) is 30.9 Å². The summed E-state index contributed by atoms with van der Waals surface area (Å²) in [4.78, 5) is 29.3. The van der Waals surface area contributed by atoms with E-state index in [0.717, 1.165) is 18.2 Å². The zero-order chi connectivity index (χ0) is 15.8. The highest BCUT2D eigenvalue weighted by molar-refractivity contribution is 5.77. The van der Waals surface area contributed by atoms with E-state index in [4.69, 9.17) is 11.5 Å². The Labute approximate surface area is 127 Å². The molecule has 4 N–H and O–H groups in total. The molecule has 0 aromatic carbocycles. The van der Waals surface area contributed by atoms with Crippen molar-refractivity contribution in [1.82, 2.24) is 19.9 Å². The normalized spacial score (nSPS) is 13.5. The van der Waals surface area contributed by atoms with E-state index < -0.39 is 0 Å². The van der Waals surface area contributed by atoms with Gasteiger partial charge in [0.1, 0.15) is 5.69 Å². The van der Waals surface area contributed by atoms with Gasteiger partial charge < -0.3 is 11.5 Å². The molecule has 0 radical (unpaired) electrons. The first-order valence-corrected chi connectivity index (χ1v) is 6.79. The van der Waals surface area contributed by atoms with E-state index in [1.807, 2.05) is 0 Å². The number of aliphatic imine (C=N–C) groups is 1. The molecule has 2 aromatic rings. The molecule has 2 aromatic heterocycles. The molecule has 2 heterocycles. The second-order valence-corrected chi connectivity index (χ2v) is 4.73. The first-order valence-electron chi connectivity index (χ1n) is 6.79. The average Bonchev–Trinajstić information content (AvgIpc) is 3.32. The molecule has 8 nitrogen and oxygen atoms in total. The van der Waals surface area contributed by atoms with Crippen LogP contribution in [0.2, 0.25) is 0 Å². The Morgan fingerprint density at radius 2 is 1.68 bits per heavy atom. The molecular weight excluding hydrogens is 282 g/mol. The van der Waals surface area contributed by atoms with Crippen molar-refractivity contribution >= 4 is 24.4 Å². The third kappa shape index (κ3) is 5.61. The molecule has 1 saturated carbocycles. The van der Waals surface area contributed by atoms with E-state index in [2.05, 4.69) is 24.9 Å². The number of hydrogen-bond acceptors (Lipinski definition) is 8. The molecule has 3 rings (SSSR count). The van der Waals surface area contributed by atoms with Crippen LogP contribution in [-0.2, 0) is 0 Å². The summed E-state index contributed by atoms with van der Waals surface area (Å²) < 4.78 is 0. The number of aldehydes is 1. The van der Waals surface area contributed by atoms with Gasteiger partial charge in [-0.25, -0.2) is 19.9 Å². The zero-order valence-electron chi connectivity index (χ0n) is 12.0. The van der Waals surface area contributed by atoms with Crippen molar-refractivity contribution in [1.29, 1.82) is 0 Å². The fourth-order valence-electron chi connectivity index (χ4n) is 1.51. The molecule has 0 spiro atoms. The number of carbonyl (C=O) groups is 1. The lowest BCUT2D eigenvalue weighted by atomic mass is 10.4. The van der Waals surface area contributed by atoms with Crippen molar-refractivity contribution in [2.45, 2.75) is 12.8 Å². The van der Waals surface area contributed by atoms with Gasteiger partial charge in [0.05, 0.1) is 5.69 Å². The second-order valence-electron chi connectivity index (χ2n) is 4.73. The third-order valence-corrected chi connectivity index (χ3v) is 2.80. The summed E-state index contributed by atoms with van der Waals surface area (Å²) in [7, 11) is 0. The van der Waals surface area contributed by atoms with Crippen molar-refractivity contribution in [3.63, 3.8) is 0 Å². The fourth-order valence-corrected chi connectivity index (χ4v) is 1.51. The van der Waals surface area contributed by atoms with E-state index in [1.165, 1.54) is 25.1 Å². The molecule has 114 valence electrons. The lowest BCUT2D eigenvalue weighted by Gasteiger charge is -1.93. The molecule has 0 aliphatic heterocycles. The maximum atomic E-state index is 10.0. The highest BCUT2D eigenvalue weighted by Gasteiger charge is 2.19. The predicted molar refractivity (Wildman–Crippen MR) is 83.5 cm³/mol. The minimum atomic E-state index is 0.125. The van der Waals surface area contributed by atoms with E-state index in [0.29, 0.717) is 17.9 Å². The summed E-state index contributed by atoms with van der Waals surface area (Å²) in [6, 6.07) is 3.29. The minimum Gasteiger partial charge on any atom is -0.368 e. The number of aromatic nitrogens is 4. The standard InChI is InChI=1S/C9H12N4.C5H5N3O/c10-9-12-4-3-8(13-9)6-11-5-7-1-2-7;6-5-7-2-1-4(3-9)8-5/h3-4,6-7H,1-2,5H2,(H2,10,12,13);1-3H,(H2,6,7,8). The van der Waals surface area contributed by atoms with Crippen LogP contribution in [0.5, 0.6) is 0 Å². The van der Waals surface area contributed by atoms with E-state index in [1.54, 1.807) is 18.5 Å². The van der Waals surface area contributed by atoms with Crippen LogP contribution in [0, 0.1) is 5.92 Å². The molecule has 22 heavy (non-hydrogen) atoms. The van der Waals surface area contributed by atoms with Gasteiger partial charge in [0.2, 0.25) is 11.9 Å². The first-order chi connectivity index (χ1) is 10.7. The molecule has 1 aliphatic carbocycles. The minimum absolute atomic E-state index is 0.125. The monoisotopic (exact) mass is 299 g/mol. The fraction of sp³-hybridized carbons (Fsp3) is 0.286. The molecular formula is C14H17N7O. The summed E-state index contributed by atoms with van der Waals surface area (Å²) in [6.07, 6.45) is 8.10. The number of nitrogen functional groups attached to an aromatic ring is 2. The van der Waals surface area contributed by atoms with Crippen LogP contribution >= 0.6 is 0 Å². The molecule has 0 amide bonds. The zero-order valence-corrected chi connectivity index (χ0v) is 12.0. The Morgan fingerprint density at radius 1 is 1.09 bits per heavy atom. The lowest BCUT2D eigenvalue weighted by molar-refractivity contribution is 0.111. The number of nitrogens with two attached hydrogens (primary N) is 2. The van der Waals surface area contributed by atoms with Crippen LogP contribution in [0.1, 0.15) is 29.0 Å². The molecule has 1 fully saturated rings. The summed E-state index contributed by atoms with van der Waals surface area (Å²) in [5.74, 6) is 1.24. The smallest absolute Gasteiger partial charge is 0.220 e. The Hall–Kier alpha value is -2.90. The first kappa shape index (κ1) is 15.5. The number of carbonyl (C=O) groups excluding carboxylic acids is 1. The van der Waals surface area contributed by atoms with Crippen molar-refractivity contribution in [2.24, 2.45) is 10.9 Å². The lowest BCUT2D eigenvalue weighted by Crippen LogP contribution is -1.97. The van der Waals surface area contributed by atoms with E-state index in [-0.39, 0.29) is 5.95 Å². The van der Waals surface area contributed by atoms with Gasteiger partial charge in [-0.2, -0.15) is 0 Å². The van der Waals surface area contributed by atoms with Gasteiger partial charge >= 0.3 is 0 Å². The van der Waals surface area contributed by atoms with Crippen molar-refractivity contribution in [3.8, 4) is 0 Å². The summed E-state index contributed by atoms with van der Waals surface area (Å²) in [5.41, 5.74) is 11.7. The number of anilines is 2. The molecule has 0 unspecified atom stereocenters. The van der Waals surface area contributed by atoms with E-state index in [9.17, 15) is 4.79 Å². The molecule has 0 bridgehead atoms. The Morgan fingerprint density at radius 3 is 2.18 bits per heavy atom. The Kier molecular flexibility index (Phi) is 5.47. The van der Waals surface area contributed by atoms with Crippen LogP contribution in [0.4, 0.5) is 11.9 Å². The third-order valence-electron chi connectivity index (χ3n) is 2.80. The predicted octanol–water partition coefficient (Wildman–Crippen LogP) is 0.759. The van der Waals surface area contributed by atoms with Crippen LogP contribution < -0.4 is 11.5 Å². The molecule has 8 heteroatoms. The Balaban J connectivity index is 0.000000172. The number of hydrogen-bond donors (Lipinski definition) is 2. The van der Waals surface area contributed by atoms with Crippen molar-refractivity contribution in [3.05, 3.63) is 35.9 Å². The Bertz CT molecular complexity index is 655. The summed E-state index contributed by atoms with van der Waals surface area (Å²) in [6.45, 7) is 0.921. The largest absolute Gasteiger partial charge is 0.368 e. The number of rotatable bonds is 4. The topological polar surface area (TPSA) is 133 Å². The quantitative estimate of drug-likeness (QED) is 0.628. The highest BCUT2D eigenvalue weighted by atomic mass is 16.1. The maximum absolute atomic E-state index is 10.0. The van der Waals surface area contributed by atoms with Gasteiger partial charge in [-0.15, -0.1) is 0 Å². The van der Waals surface area contributed by atoms with Crippen molar-refractivity contribution in [2.75, 3.05) is 18.0 Å². The van der Waals surface area contributed by atoms with Crippen LogP contribution in [0.3, 0.4) is 0 Å². The van der Waals surface area contributed by atoms with Gasteiger partial charge in [-0.1, -0.05) is 0 Å². The molecule has 0 atom stereocenters. The van der Waals surface area contributed by atoms with Gasteiger partial charge in [-0.3, -0.25) is 9.79 Å². The van der Waals surface area contributed by atoms with Crippen LogP contribution in [0.25, 0.3) is 0 Å². The van der Waals surface area contributed by atoms with Crippen LogP contribution in [-0.4, -0.2) is 39.0 Å². The van der Waals surface area contributed by atoms with Gasteiger partial charge in [0.25, 0.3) is 0 Å². The summed E-state index contributed by atoms with van der Waals surface area (Å²) >= 11 is 0. The van der Waals surface area contributed by atoms with E-state index >= 15 is 0 Å². The molecule has 1 aliphatic rings. The second kappa shape index (κ2) is 7.77. The summed E-state index contributed by atoms with van der Waals surface area (Å²) in [5, 5.41) is 0.